The van der Waals surface area contributed by atoms with Crippen molar-refractivity contribution >= 4 is 5.70 Å². The lowest BCUT2D eigenvalue weighted by Crippen LogP contribution is -2.17. The number of nitrogens with one attached hydrogen (secondary N) is 1. The first-order chi connectivity index (χ1) is 14.8. The first kappa shape index (κ1) is 22.6. The summed E-state index contributed by atoms with van der Waals surface area (Å²) in [6.07, 6.45) is 0.701. The predicted molar refractivity (Wildman–Crippen MR) is 113 cm³/mol. The molecule has 8 heteroatoms. The van der Waals surface area contributed by atoms with Gasteiger partial charge in [-0.3, -0.25) is 9.67 Å². The van der Waals surface area contributed by atoms with Crippen molar-refractivity contribution < 1.29 is 17.9 Å². The van der Waals surface area contributed by atoms with E-state index in [9.17, 15) is 13.2 Å². The minimum absolute atomic E-state index is 0.0489. The van der Waals surface area contributed by atoms with Gasteiger partial charge < -0.3 is 10.1 Å². The molecular formula is C23H25F3N4O. The van der Waals surface area contributed by atoms with Gasteiger partial charge in [0.1, 0.15) is 0 Å². The lowest BCUT2D eigenvalue weighted by molar-refractivity contribution is -0.138. The van der Waals surface area contributed by atoms with E-state index in [-0.39, 0.29) is 18.7 Å². The largest absolute Gasteiger partial charge is 0.416 e. The van der Waals surface area contributed by atoms with Crippen molar-refractivity contribution in [3.05, 3.63) is 89.0 Å². The van der Waals surface area contributed by atoms with Crippen LogP contribution < -0.4 is 5.32 Å². The molecular weight excluding hydrogens is 405 g/mol. The van der Waals surface area contributed by atoms with Crippen LogP contribution >= 0.6 is 0 Å². The van der Waals surface area contributed by atoms with Gasteiger partial charge >= 0.3 is 6.18 Å². The topological polar surface area (TPSA) is 52.0 Å². The Morgan fingerprint density at radius 1 is 1.16 bits per heavy atom. The number of hydrogen-bond donors (Lipinski definition) is 1. The Bertz CT molecular complexity index is 1030. The zero-order valence-electron chi connectivity index (χ0n) is 17.5. The van der Waals surface area contributed by atoms with E-state index in [0.29, 0.717) is 23.5 Å². The second kappa shape index (κ2) is 9.78. The smallest absolute Gasteiger partial charge is 0.381 e. The summed E-state index contributed by atoms with van der Waals surface area (Å²) in [4.78, 5) is 3.81. The predicted octanol–water partition coefficient (Wildman–Crippen LogP) is 4.81. The molecule has 0 radical (unpaired) electrons. The van der Waals surface area contributed by atoms with E-state index in [1.807, 2.05) is 6.20 Å². The number of halogens is 3. The average Bonchev–Trinajstić information content (AvgIpc) is 3.14. The minimum Gasteiger partial charge on any atom is -0.381 e. The van der Waals surface area contributed by atoms with Gasteiger partial charge in [-0.25, -0.2) is 0 Å². The molecule has 3 aromatic rings. The van der Waals surface area contributed by atoms with Gasteiger partial charge in [0.25, 0.3) is 0 Å². The summed E-state index contributed by atoms with van der Waals surface area (Å²) in [6, 6.07) is 9.26. The maximum absolute atomic E-state index is 13.2. The number of rotatable bonds is 9. The SMILES string of the molecule is C=C(NCc1cnccc1C(F)(F)F)c1cn(Cc2ccc(CC)cc2)nc1COC. The summed E-state index contributed by atoms with van der Waals surface area (Å²) in [5, 5.41) is 7.54. The van der Waals surface area contributed by atoms with E-state index >= 15 is 0 Å². The normalized spacial score (nSPS) is 11.5. The second-order valence-electron chi connectivity index (χ2n) is 7.15. The Labute approximate surface area is 179 Å². The highest BCUT2D eigenvalue weighted by molar-refractivity contribution is 5.63. The molecule has 0 amide bonds. The standard InChI is InChI=1S/C23H25F3N4O/c1-4-17-5-7-18(8-6-17)13-30-14-20(22(29-30)15-31-3)16(2)28-12-19-11-27-10-9-21(19)23(24,25)26/h5-11,14,28H,2,4,12-13,15H2,1,3H3. The molecule has 2 aromatic heterocycles. The van der Waals surface area contributed by atoms with Crippen LogP contribution in [-0.4, -0.2) is 21.9 Å². The Morgan fingerprint density at radius 2 is 1.87 bits per heavy atom. The van der Waals surface area contributed by atoms with Crippen LogP contribution in [-0.2, 0) is 37.0 Å². The van der Waals surface area contributed by atoms with Gasteiger partial charge in [0.05, 0.1) is 24.4 Å². The number of nitrogens with zero attached hydrogens (tertiary/aromatic N) is 3. The number of methoxy groups -OCH3 is 1. The summed E-state index contributed by atoms with van der Waals surface area (Å²) in [6.45, 7) is 6.87. The van der Waals surface area contributed by atoms with Crippen LogP contribution in [0.2, 0.25) is 0 Å². The molecule has 0 bridgehead atoms. The molecule has 3 rings (SSSR count). The third-order valence-corrected chi connectivity index (χ3v) is 4.92. The summed E-state index contributed by atoms with van der Waals surface area (Å²) < 4.78 is 46.6. The van der Waals surface area contributed by atoms with Gasteiger partial charge in [0, 0.05) is 49.1 Å². The third-order valence-electron chi connectivity index (χ3n) is 4.92. The van der Waals surface area contributed by atoms with E-state index in [2.05, 4.69) is 53.2 Å². The van der Waals surface area contributed by atoms with Crippen molar-refractivity contribution in [3.8, 4) is 0 Å². The Balaban J connectivity index is 1.76. The Kier molecular flexibility index (Phi) is 7.12. The monoisotopic (exact) mass is 430 g/mol. The lowest BCUT2D eigenvalue weighted by atomic mass is 10.1. The maximum atomic E-state index is 13.2. The molecule has 0 aliphatic carbocycles. The molecule has 0 fully saturated rings. The van der Waals surface area contributed by atoms with Crippen molar-refractivity contribution in [1.29, 1.82) is 0 Å². The minimum atomic E-state index is -4.44. The van der Waals surface area contributed by atoms with E-state index in [1.54, 1.807) is 11.8 Å². The highest BCUT2D eigenvalue weighted by Crippen LogP contribution is 2.31. The van der Waals surface area contributed by atoms with Crippen LogP contribution in [0.1, 0.15) is 40.4 Å². The highest BCUT2D eigenvalue weighted by Gasteiger charge is 2.33. The maximum Gasteiger partial charge on any atom is 0.416 e. The van der Waals surface area contributed by atoms with E-state index in [4.69, 9.17) is 4.74 Å². The molecule has 0 atom stereocenters. The molecule has 0 spiro atoms. The van der Waals surface area contributed by atoms with Crippen molar-refractivity contribution in [2.24, 2.45) is 0 Å². The molecule has 0 unspecified atom stereocenters. The molecule has 1 aromatic carbocycles. The van der Waals surface area contributed by atoms with Gasteiger partial charge in [-0.05, 0) is 23.6 Å². The first-order valence-electron chi connectivity index (χ1n) is 9.88. The van der Waals surface area contributed by atoms with Gasteiger partial charge in [-0.15, -0.1) is 0 Å². The molecule has 0 saturated heterocycles. The second-order valence-corrected chi connectivity index (χ2v) is 7.15. The Morgan fingerprint density at radius 3 is 2.52 bits per heavy atom. The summed E-state index contributed by atoms with van der Waals surface area (Å²) >= 11 is 0. The quantitative estimate of drug-likeness (QED) is 0.529. The van der Waals surface area contributed by atoms with Crippen LogP contribution in [0.25, 0.3) is 5.70 Å². The molecule has 164 valence electrons. The van der Waals surface area contributed by atoms with Gasteiger partial charge in [0.2, 0.25) is 0 Å². The van der Waals surface area contributed by atoms with Crippen molar-refractivity contribution in [2.45, 2.75) is 39.2 Å². The first-order valence-corrected chi connectivity index (χ1v) is 9.88. The van der Waals surface area contributed by atoms with Crippen LogP contribution in [0.15, 0.2) is 55.5 Å². The van der Waals surface area contributed by atoms with Crippen LogP contribution in [0.5, 0.6) is 0 Å². The summed E-state index contributed by atoms with van der Waals surface area (Å²) in [7, 11) is 1.56. The highest BCUT2D eigenvalue weighted by atomic mass is 19.4. The fourth-order valence-electron chi connectivity index (χ4n) is 3.25. The number of pyridine rings is 1. The molecule has 31 heavy (non-hydrogen) atoms. The molecule has 0 saturated carbocycles. The number of alkyl halides is 3. The molecule has 0 aliphatic rings. The molecule has 0 aliphatic heterocycles. The number of ether oxygens (including phenoxy) is 1. The fraction of sp³-hybridized carbons (Fsp3) is 0.304. The summed E-state index contributed by atoms with van der Waals surface area (Å²) in [5.41, 5.74) is 3.52. The van der Waals surface area contributed by atoms with E-state index in [1.165, 1.54) is 11.8 Å². The van der Waals surface area contributed by atoms with E-state index < -0.39 is 11.7 Å². The lowest BCUT2D eigenvalue weighted by Gasteiger charge is -2.14. The fourth-order valence-corrected chi connectivity index (χ4v) is 3.25. The van der Waals surface area contributed by atoms with Crippen molar-refractivity contribution in [1.82, 2.24) is 20.1 Å². The Hall–Kier alpha value is -3.13. The average molecular weight is 430 g/mol. The molecule has 1 N–H and O–H groups in total. The number of aryl methyl sites for hydroxylation is 1. The van der Waals surface area contributed by atoms with Crippen LogP contribution in [0, 0.1) is 0 Å². The van der Waals surface area contributed by atoms with Crippen LogP contribution in [0.4, 0.5) is 13.2 Å². The van der Waals surface area contributed by atoms with Crippen LogP contribution in [0.3, 0.4) is 0 Å². The molecule has 5 nitrogen and oxygen atoms in total. The van der Waals surface area contributed by atoms with Gasteiger partial charge in [-0.1, -0.05) is 37.8 Å². The van der Waals surface area contributed by atoms with Crippen molar-refractivity contribution in [3.63, 3.8) is 0 Å². The third kappa shape index (κ3) is 5.73. The zero-order chi connectivity index (χ0) is 22.4. The van der Waals surface area contributed by atoms with Gasteiger partial charge in [-0.2, -0.15) is 18.3 Å². The number of hydrogen-bond acceptors (Lipinski definition) is 4. The zero-order valence-corrected chi connectivity index (χ0v) is 17.5. The number of aromatic nitrogens is 3. The summed E-state index contributed by atoms with van der Waals surface area (Å²) in [5.74, 6) is 0. The van der Waals surface area contributed by atoms with Gasteiger partial charge in [0.15, 0.2) is 0 Å². The van der Waals surface area contributed by atoms with Crippen molar-refractivity contribution in [2.75, 3.05) is 7.11 Å². The molecule has 2 heterocycles. The van der Waals surface area contributed by atoms with E-state index in [0.717, 1.165) is 24.2 Å². The number of benzene rings is 1.